The van der Waals surface area contributed by atoms with Crippen molar-refractivity contribution in [2.45, 2.75) is 0 Å². The molecule has 0 aliphatic carbocycles. The minimum atomic E-state index is 0. The van der Waals surface area contributed by atoms with E-state index >= 15 is 0 Å². The molecule has 4 heavy (non-hydrogen) atoms. The summed E-state index contributed by atoms with van der Waals surface area (Å²) in [5.41, 5.74) is 0. The van der Waals surface area contributed by atoms with Gasteiger partial charge in [-0.15, -0.1) is 0 Å². The minimum Gasteiger partial charge on any atom is -0.0149 e. The van der Waals surface area contributed by atoms with E-state index in [1.165, 1.54) is 0 Å². The van der Waals surface area contributed by atoms with Gasteiger partial charge in [-0.2, -0.15) is 0 Å². The quantitative estimate of drug-likeness (QED) is 0.348. The average molecular weight is 170 g/mol. The van der Waals surface area contributed by atoms with Crippen LogP contribution in [0.15, 0.2) is 0 Å². The summed E-state index contributed by atoms with van der Waals surface area (Å²) in [5.74, 6) is 0. The monoisotopic (exact) mass is 170 g/mol. The van der Waals surface area contributed by atoms with Crippen LogP contribution < -0.4 is 0 Å². The first-order valence-corrected chi connectivity index (χ1v) is 0. The molecule has 0 aromatic rings. The second-order valence-electron chi connectivity index (χ2n) is 0. The Balaban J connectivity index is 0. The SMILES string of the molecule is [AlH3].[Cr].[Fe].[SiH4]. The Morgan fingerprint density at radius 1 is 1.00 bits per heavy atom. The van der Waals surface area contributed by atoms with Crippen LogP contribution in [0.2, 0.25) is 0 Å². The molecule has 0 saturated carbocycles. The maximum atomic E-state index is 0. The molecule has 0 aromatic heterocycles. The molecular formula is H7AlCrFeSi. The van der Waals surface area contributed by atoms with E-state index in [2.05, 4.69) is 0 Å². The fraction of sp³-hybridized carbons (Fsp3) is 0. The summed E-state index contributed by atoms with van der Waals surface area (Å²) in [6.07, 6.45) is 0. The molecule has 0 amide bonds. The van der Waals surface area contributed by atoms with E-state index in [9.17, 15) is 0 Å². The molecule has 4 heteroatoms. The van der Waals surface area contributed by atoms with Gasteiger partial charge in [0.2, 0.25) is 0 Å². The van der Waals surface area contributed by atoms with Crippen LogP contribution >= 0.6 is 0 Å². The normalized spacial score (nSPS) is 0. The third kappa shape index (κ3) is 9.19. The van der Waals surface area contributed by atoms with Crippen molar-refractivity contribution < 1.29 is 34.4 Å². The van der Waals surface area contributed by atoms with E-state index < -0.39 is 0 Å². The summed E-state index contributed by atoms with van der Waals surface area (Å²) in [5, 5.41) is 0. The Kier molecular flexibility index (Phi) is 220. The third-order valence-corrected chi connectivity index (χ3v) is 0. The summed E-state index contributed by atoms with van der Waals surface area (Å²) in [4.78, 5) is 0. The van der Waals surface area contributed by atoms with Gasteiger partial charge in [0.1, 0.15) is 0 Å². The zero-order chi connectivity index (χ0) is 0. The molecule has 0 aliphatic rings. The van der Waals surface area contributed by atoms with E-state index in [1.807, 2.05) is 0 Å². The van der Waals surface area contributed by atoms with Gasteiger partial charge in [-0.1, -0.05) is 0 Å². The summed E-state index contributed by atoms with van der Waals surface area (Å²) < 4.78 is 0. The van der Waals surface area contributed by atoms with Gasteiger partial charge in [0.05, 0.1) is 0 Å². The number of hydrogen-bond donors (Lipinski definition) is 0. The molecule has 0 spiro atoms. The van der Waals surface area contributed by atoms with Gasteiger partial charge in [-0.05, 0) is 11.0 Å². The summed E-state index contributed by atoms with van der Waals surface area (Å²) in [6, 6.07) is 0. The minimum absolute atomic E-state index is 0. The van der Waals surface area contributed by atoms with Gasteiger partial charge in [0, 0.05) is 34.4 Å². The van der Waals surface area contributed by atoms with Crippen molar-refractivity contribution in [3.05, 3.63) is 0 Å². The molecule has 0 heterocycles. The van der Waals surface area contributed by atoms with Gasteiger partial charge in [-0.3, -0.25) is 0 Å². The smallest absolute Gasteiger partial charge is 0.0149 e. The summed E-state index contributed by atoms with van der Waals surface area (Å²) in [6.45, 7) is 0. The zero-order valence-electron chi connectivity index (χ0n) is 0.762. The van der Waals surface area contributed by atoms with Crippen molar-refractivity contribution in [2.75, 3.05) is 0 Å². The van der Waals surface area contributed by atoms with E-state index in [1.54, 1.807) is 0 Å². The predicted molar refractivity (Wildman–Crippen MR) is 21.3 cm³/mol. The second kappa shape index (κ2) is 21.4. The van der Waals surface area contributed by atoms with Crippen molar-refractivity contribution in [3.8, 4) is 0 Å². The number of hydrogen-bond acceptors (Lipinski definition) is 0. The standard InChI is InChI=1S/Al.Cr.Fe.H4Si.3H/h;;;1H4;;;. The molecule has 0 fully saturated rings. The van der Waals surface area contributed by atoms with Gasteiger partial charge in [0.25, 0.3) is 0 Å². The molecule has 0 aliphatic heterocycles. The molecule has 0 bridgehead atoms. The Hall–Kier alpha value is 1.80. The molecule has 0 radical (unpaired) electrons. The maximum absolute atomic E-state index is 0. The third-order valence-electron chi connectivity index (χ3n) is 0. The zero-order valence-corrected chi connectivity index (χ0v) is 3.14. The summed E-state index contributed by atoms with van der Waals surface area (Å²) in [7, 11) is 0. The van der Waals surface area contributed by atoms with Crippen LogP contribution in [-0.2, 0) is 34.4 Å². The van der Waals surface area contributed by atoms with Crippen LogP contribution in [0, 0.1) is 0 Å². The topological polar surface area (TPSA) is 0 Å². The van der Waals surface area contributed by atoms with Gasteiger partial charge in [-0.25, -0.2) is 0 Å². The van der Waals surface area contributed by atoms with Crippen LogP contribution in [-0.4, -0.2) is 28.3 Å². The first kappa shape index (κ1) is 41.2. The van der Waals surface area contributed by atoms with Gasteiger partial charge >= 0.3 is 0 Å². The summed E-state index contributed by atoms with van der Waals surface area (Å²) >= 11 is 0. The van der Waals surface area contributed by atoms with Gasteiger partial charge in [0.15, 0.2) is 17.4 Å². The molecule has 0 unspecified atom stereocenters. The molecule has 0 rings (SSSR count). The van der Waals surface area contributed by atoms with Crippen LogP contribution in [0.5, 0.6) is 0 Å². The van der Waals surface area contributed by atoms with Crippen molar-refractivity contribution in [2.24, 2.45) is 0 Å². The molecule has 0 atom stereocenters. The van der Waals surface area contributed by atoms with Crippen LogP contribution in [0.4, 0.5) is 0 Å². The van der Waals surface area contributed by atoms with Crippen molar-refractivity contribution in [1.82, 2.24) is 0 Å². The number of rotatable bonds is 0. The van der Waals surface area contributed by atoms with Crippen LogP contribution in [0.25, 0.3) is 0 Å². The molecule has 0 nitrogen and oxygen atoms in total. The maximum Gasteiger partial charge on any atom is 0.187 e. The Labute approximate surface area is 62.5 Å². The van der Waals surface area contributed by atoms with Gasteiger partial charge < -0.3 is 0 Å². The fourth-order valence-electron chi connectivity index (χ4n) is 0. The fourth-order valence-corrected chi connectivity index (χ4v) is 0. The molecular weight excluding hydrogens is 163 g/mol. The van der Waals surface area contributed by atoms with Crippen molar-refractivity contribution >= 4 is 28.3 Å². The van der Waals surface area contributed by atoms with Crippen molar-refractivity contribution in [3.63, 3.8) is 0 Å². The van der Waals surface area contributed by atoms with E-state index in [0.29, 0.717) is 0 Å². The molecule has 28 valence electrons. The molecule has 0 aromatic carbocycles. The van der Waals surface area contributed by atoms with E-state index in [0.717, 1.165) is 0 Å². The first-order chi connectivity index (χ1) is 0. The first-order valence-electron chi connectivity index (χ1n) is 0. The predicted octanol–water partition coefficient (Wildman–Crippen LogP) is -2.64. The van der Waals surface area contributed by atoms with E-state index in [4.69, 9.17) is 0 Å². The Morgan fingerprint density at radius 3 is 1.00 bits per heavy atom. The van der Waals surface area contributed by atoms with Crippen molar-refractivity contribution in [1.29, 1.82) is 0 Å². The molecule has 0 saturated heterocycles. The Morgan fingerprint density at radius 2 is 1.00 bits per heavy atom. The second-order valence-corrected chi connectivity index (χ2v) is 0. The largest absolute Gasteiger partial charge is 0.187 e. The average Bonchev–Trinajstić information content (AvgIpc) is 0. The van der Waals surface area contributed by atoms with Crippen LogP contribution in [0.1, 0.15) is 0 Å². The Bertz CT molecular complexity index is 8.00. The van der Waals surface area contributed by atoms with Crippen LogP contribution in [0.3, 0.4) is 0 Å². The molecule has 0 N–H and O–H groups in total. The van der Waals surface area contributed by atoms with E-state index in [-0.39, 0.29) is 62.8 Å².